The second-order valence-electron chi connectivity index (χ2n) is 4.95. The molecule has 0 spiro atoms. The molecule has 12 heteroatoms. The van der Waals surface area contributed by atoms with Gasteiger partial charge in [0.1, 0.15) is 6.04 Å². The predicted octanol–water partition coefficient (Wildman–Crippen LogP) is -1.84. The number of imide groups is 2. The van der Waals surface area contributed by atoms with Crippen molar-refractivity contribution in [2.45, 2.75) is 31.1 Å². The Bertz CT molecular complexity index is 751. The Morgan fingerprint density at radius 3 is 2.25 bits per heavy atom. The number of hydrogen-bond donors (Lipinski definition) is 1. The van der Waals surface area contributed by atoms with E-state index in [0.29, 0.717) is 4.90 Å². The van der Waals surface area contributed by atoms with E-state index in [9.17, 15) is 32.4 Å². The van der Waals surface area contributed by atoms with Gasteiger partial charge in [-0.2, -0.15) is 8.42 Å². The highest BCUT2D eigenvalue weighted by molar-refractivity contribution is 7.87. The lowest BCUT2D eigenvalue weighted by atomic mass is 10.2. The number of carbonyl (C=O) groups is 5. The number of hydroxylamine groups is 2. The lowest BCUT2D eigenvalue weighted by Gasteiger charge is -2.24. The number of hydrogen-bond acceptors (Lipinski definition) is 8. The van der Waals surface area contributed by atoms with E-state index in [-0.39, 0.29) is 11.5 Å². The number of amides is 4. The molecule has 24 heavy (non-hydrogen) atoms. The van der Waals surface area contributed by atoms with E-state index < -0.39 is 57.4 Å². The topological polar surface area (TPSA) is 155 Å². The maximum atomic E-state index is 12.1. The van der Waals surface area contributed by atoms with Gasteiger partial charge in [0.05, 0.1) is 6.42 Å². The van der Waals surface area contributed by atoms with Crippen molar-refractivity contribution >= 4 is 39.7 Å². The molecule has 130 valence electrons. The van der Waals surface area contributed by atoms with Crippen molar-refractivity contribution in [3.8, 4) is 0 Å². The van der Waals surface area contributed by atoms with Crippen LogP contribution in [0.2, 0.25) is 0 Å². The average molecular weight is 360 g/mol. The summed E-state index contributed by atoms with van der Waals surface area (Å²) in [7, 11) is -4.84. The van der Waals surface area contributed by atoms with Gasteiger partial charge < -0.3 is 4.84 Å². The molecule has 0 aromatic rings. The SMILES string of the molecule is CCC(C(=O)ON1C(=O)CC(S(=O)(=O)O)C1=O)N1C(=O)C=CC1=O. The van der Waals surface area contributed by atoms with Crippen molar-refractivity contribution in [1.82, 2.24) is 9.96 Å². The van der Waals surface area contributed by atoms with Gasteiger partial charge in [0.25, 0.3) is 33.7 Å². The Labute approximate surface area is 135 Å². The zero-order valence-corrected chi connectivity index (χ0v) is 13.1. The summed E-state index contributed by atoms with van der Waals surface area (Å²) in [4.78, 5) is 63.9. The van der Waals surface area contributed by atoms with Gasteiger partial charge in [-0.3, -0.25) is 28.6 Å². The molecular weight excluding hydrogens is 348 g/mol. The molecule has 2 unspecified atom stereocenters. The van der Waals surface area contributed by atoms with E-state index in [4.69, 9.17) is 4.55 Å². The minimum atomic E-state index is -4.84. The van der Waals surface area contributed by atoms with Crippen LogP contribution in [0.5, 0.6) is 0 Å². The minimum absolute atomic E-state index is 0.0596. The average Bonchev–Trinajstić information content (AvgIpc) is 2.95. The summed E-state index contributed by atoms with van der Waals surface area (Å²) in [5.74, 6) is -5.37. The number of nitrogens with zero attached hydrogens (tertiary/aromatic N) is 2. The highest BCUT2D eigenvalue weighted by Crippen LogP contribution is 2.21. The molecule has 1 saturated heterocycles. The zero-order valence-electron chi connectivity index (χ0n) is 12.2. The van der Waals surface area contributed by atoms with Crippen molar-refractivity contribution in [3.63, 3.8) is 0 Å². The third-order valence-electron chi connectivity index (χ3n) is 3.42. The molecular formula is C12H12N2O9S. The van der Waals surface area contributed by atoms with Crippen molar-refractivity contribution in [2.75, 3.05) is 0 Å². The summed E-state index contributed by atoms with van der Waals surface area (Å²) >= 11 is 0. The molecule has 0 aromatic heterocycles. The van der Waals surface area contributed by atoms with Crippen LogP contribution >= 0.6 is 0 Å². The van der Waals surface area contributed by atoms with Gasteiger partial charge in [-0.15, -0.1) is 5.06 Å². The van der Waals surface area contributed by atoms with Gasteiger partial charge in [0.2, 0.25) is 0 Å². The summed E-state index contributed by atoms with van der Waals surface area (Å²) in [6.07, 6.45) is 0.943. The first-order valence-corrected chi connectivity index (χ1v) is 8.18. The van der Waals surface area contributed by atoms with E-state index in [2.05, 4.69) is 4.84 Å². The Morgan fingerprint density at radius 1 is 1.29 bits per heavy atom. The van der Waals surface area contributed by atoms with Crippen LogP contribution in [0.15, 0.2) is 12.2 Å². The fourth-order valence-corrected chi connectivity index (χ4v) is 2.94. The molecule has 0 aromatic carbocycles. The largest absolute Gasteiger partial charge is 0.355 e. The Hall–Kier alpha value is -2.60. The molecule has 2 heterocycles. The van der Waals surface area contributed by atoms with Gasteiger partial charge in [-0.25, -0.2) is 4.79 Å². The quantitative estimate of drug-likeness (QED) is 0.440. The lowest BCUT2D eigenvalue weighted by molar-refractivity contribution is -0.201. The van der Waals surface area contributed by atoms with Crippen LogP contribution in [0.1, 0.15) is 19.8 Å². The first-order valence-electron chi connectivity index (χ1n) is 6.68. The molecule has 4 amide bonds. The van der Waals surface area contributed by atoms with E-state index in [1.807, 2.05) is 0 Å². The minimum Gasteiger partial charge on any atom is -0.328 e. The first kappa shape index (κ1) is 17.7. The van der Waals surface area contributed by atoms with Crippen LogP contribution in [-0.2, 0) is 38.9 Å². The molecule has 1 fully saturated rings. The molecule has 2 aliphatic rings. The van der Waals surface area contributed by atoms with Crippen LogP contribution in [0, 0.1) is 0 Å². The molecule has 2 aliphatic heterocycles. The van der Waals surface area contributed by atoms with Crippen molar-refractivity contribution in [1.29, 1.82) is 0 Å². The van der Waals surface area contributed by atoms with Gasteiger partial charge in [0, 0.05) is 12.2 Å². The van der Waals surface area contributed by atoms with E-state index in [1.54, 1.807) is 0 Å². The van der Waals surface area contributed by atoms with Crippen LogP contribution < -0.4 is 0 Å². The summed E-state index contributed by atoms with van der Waals surface area (Å²) in [5.41, 5.74) is 0. The highest BCUT2D eigenvalue weighted by Gasteiger charge is 2.49. The Balaban J connectivity index is 2.16. The van der Waals surface area contributed by atoms with E-state index in [1.165, 1.54) is 6.92 Å². The number of rotatable bonds is 5. The van der Waals surface area contributed by atoms with Gasteiger partial charge in [-0.05, 0) is 6.42 Å². The van der Waals surface area contributed by atoms with Crippen LogP contribution in [-0.4, -0.2) is 63.8 Å². The van der Waals surface area contributed by atoms with Crippen molar-refractivity contribution in [2.24, 2.45) is 0 Å². The highest BCUT2D eigenvalue weighted by atomic mass is 32.2. The molecule has 2 rings (SSSR count). The fraction of sp³-hybridized carbons (Fsp3) is 0.417. The molecule has 2 atom stereocenters. The maximum Gasteiger partial charge on any atom is 0.355 e. The zero-order chi connectivity index (χ0) is 18.2. The summed E-state index contributed by atoms with van der Waals surface area (Å²) in [6.45, 7) is 1.46. The second-order valence-corrected chi connectivity index (χ2v) is 6.55. The van der Waals surface area contributed by atoms with Gasteiger partial charge >= 0.3 is 5.97 Å². The summed E-state index contributed by atoms with van der Waals surface area (Å²) < 4.78 is 30.9. The standard InChI is InChI=1S/C12H12N2O9S/c1-2-6(13-8(15)3-4-9(13)16)12(19)23-14-10(17)5-7(11(14)18)24(20,21)22/h3-4,6-7H,2,5H2,1H3,(H,20,21,22). The third kappa shape index (κ3) is 3.05. The molecule has 0 radical (unpaired) electrons. The van der Waals surface area contributed by atoms with Crippen molar-refractivity contribution in [3.05, 3.63) is 12.2 Å². The molecule has 11 nitrogen and oxygen atoms in total. The normalized spacial score (nSPS) is 22.5. The van der Waals surface area contributed by atoms with Gasteiger partial charge in [-0.1, -0.05) is 6.92 Å². The Kier molecular flexibility index (Phi) is 4.53. The Morgan fingerprint density at radius 2 is 1.83 bits per heavy atom. The molecule has 1 N–H and O–H groups in total. The van der Waals surface area contributed by atoms with E-state index >= 15 is 0 Å². The van der Waals surface area contributed by atoms with Crippen molar-refractivity contribution < 1.29 is 41.8 Å². The molecule has 0 saturated carbocycles. The monoisotopic (exact) mass is 360 g/mol. The maximum absolute atomic E-state index is 12.1. The second kappa shape index (κ2) is 6.13. The van der Waals surface area contributed by atoms with Crippen LogP contribution in [0.3, 0.4) is 0 Å². The van der Waals surface area contributed by atoms with Crippen LogP contribution in [0.4, 0.5) is 0 Å². The van der Waals surface area contributed by atoms with E-state index in [0.717, 1.165) is 12.2 Å². The first-order chi connectivity index (χ1) is 11.1. The summed E-state index contributed by atoms with van der Waals surface area (Å²) in [5, 5.41) is -2.14. The van der Waals surface area contributed by atoms with Gasteiger partial charge in [0.15, 0.2) is 5.25 Å². The molecule has 0 bridgehead atoms. The number of carbonyl (C=O) groups excluding carboxylic acids is 5. The lowest BCUT2D eigenvalue weighted by Crippen LogP contribution is -2.48. The van der Waals surface area contributed by atoms with Crippen LogP contribution in [0.25, 0.3) is 0 Å². The smallest absolute Gasteiger partial charge is 0.328 e. The summed E-state index contributed by atoms with van der Waals surface area (Å²) in [6, 6.07) is -1.40. The predicted molar refractivity (Wildman–Crippen MR) is 73.0 cm³/mol. The fourth-order valence-electron chi connectivity index (χ4n) is 2.24. The third-order valence-corrected chi connectivity index (χ3v) is 4.50. The molecule has 0 aliphatic carbocycles.